The molecule has 0 saturated heterocycles. The van der Waals surface area contributed by atoms with Gasteiger partial charge in [0, 0.05) is 43.8 Å². The normalized spacial score (nSPS) is 11.5. The Labute approximate surface area is 246 Å². The van der Waals surface area contributed by atoms with E-state index < -0.39 is 27.6 Å². The molecular weight excluding hydrogens is 583 g/mol. The molecule has 0 fully saturated rings. The van der Waals surface area contributed by atoms with Crippen molar-refractivity contribution in [3.05, 3.63) is 102 Å². The number of nitrogens with one attached hydrogen (secondary N) is 3. The molecule has 2 heterocycles. The summed E-state index contributed by atoms with van der Waals surface area (Å²) in [6.07, 6.45) is -0.465. The van der Waals surface area contributed by atoms with E-state index in [1.165, 1.54) is 19.3 Å². The summed E-state index contributed by atoms with van der Waals surface area (Å²) < 4.78 is 66.2. The molecule has 0 unspecified atom stereocenters. The Hall–Kier alpha value is -4.98. The number of benzene rings is 2. The molecule has 4 rings (SSSR count). The molecule has 43 heavy (non-hydrogen) atoms. The number of aromatic nitrogens is 3. The van der Waals surface area contributed by atoms with Crippen LogP contribution in [-0.2, 0) is 34.1 Å². The SMILES string of the molecule is C=CC(=O)NCc1ccc(-c2ccc(Nc3ncc(C(F)(F)F)c(NCc4cccnc4N(C)S(C)(=O)=O)n3)cc2)cc1. The lowest BCUT2D eigenvalue weighted by atomic mass is 10.0. The first kappa shape index (κ1) is 31.0. The summed E-state index contributed by atoms with van der Waals surface area (Å²) >= 11 is 0. The Kier molecular flexibility index (Phi) is 9.29. The molecule has 0 radical (unpaired) electrons. The van der Waals surface area contributed by atoms with E-state index in [1.807, 2.05) is 36.4 Å². The highest BCUT2D eigenvalue weighted by Gasteiger charge is 2.35. The number of carbonyl (C=O) groups excluding carboxylic acids is 1. The van der Waals surface area contributed by atoms with Crippen molar-refractivity contribution >= 4 is 39.2 Å². The quantitative estimate of drug-likeness (QED) is 0.200. The predicted molar refractivity (Wildman–Crippen MR) is 159 cm³/mol. The molecular formula is C29H28F3N7O3S. The lowest BCUT2D eigenvalue weighted by molar-refractivity contribution is -0.137. The Morgan fingerprint density at radius 2 is 1.65 bits per heavy atom. The maximum Gasteiger partial charge on any atom is 0.421 e. The molecule has 0 atom stereocenters. The first-order valence-corrected chi connectivity index (χ1v) is 14.6. The minimum absolute atomic E-state index is 0.0751. The number of alkyl halides is 3. The van der Waals surface area contributed by atoms with Gasteiger partial charge in [-0.05, 0) is 41.0 Å². The highest BCUT2D eigenvalue weighted by Crippen LogP contribution is 2.35. The van der Waals surface area contributed by atoms with Crippen molar-refractivity contribution in [2.45, 2.75) is 19.3 Å². The van der Waals surface area contributed by atoms with Crippen LogP contribution in [0.3, 0.4) is 0 Å². The third kappa shape index (κ3) is 8.07. The van der Waals surface area contributed by atoms with Gasteiger partial charge in [0.1, 0.15) is 17.2 Å². The Morgan fingerprint density at radius 1 is 1.00 bits per heavy atom. The van der Waals surface area contributed by atoms with Crippen LogP contribution in [0.15, 0.2) is 85.7 Å². The van der Waals surface area contributed by atoms with Crippen LogP contribution in [0.25, 0.3) is 11.1 Å². The van der Waals surface area contributed by atoms with Gasteiger partial charge < -0.3 is 16.0 Å². The van der Waals surface area contributed by atoms with Crippen LogP contribution in [0.2, 0.25) is 0 Å². The predicted octanol–water partition coefficient (Wildman–Crippen LogP) is 5.11. The number of anilines is 4. The summed E-state index contributed by atoms with van der Waals surface area (Å²) in [6, 6.07) is 17.9. The van der Waals surface area contributed by atoms with Crippen LogP contribution in [0, 0.1) is 0 Å². The molecule has 10 nitrogen and oxygen atoms in total. The van der Waals surface area contributed by atoms with Crippen LogP contribution in [0.5, 0.6) is 0 Å². The third-order valence-electron chi connectivity index (χ3n) is 6.28. The summed E-state index contributed by atoms with van der Waals surface area (Å²) in [5.41, 5.74) is 2.56. The molecule has 1 amide bonds. The monoisotopic (exact) mass is 611 g/mol. The van der Waals surface area contributed by atoms with Crippen LogP contribution >= 0.6 is 0 Å². The van der Waals surface area contributed by atoms with Crippen LogP contribution in [0.4, 0.5) is 36.4 Å². The largest absolute Gasteiger partial charge is 0.421 e. The molecule has 2 aromatic carbocycles. The van der Waals surface area contributed by atoms with Crippen molar-refractivity contribution in [1.29, 1.82) is 0 Å². The van der Waals surface area contributed by atoms with Gasteiger partial charge in [-0.25, -0.2) is 18.4 Å². The Balaban J connectivity index is 1.50. The van der Waals surface area contributed by atoms with Crippen LogP contribution < -0.4 is 20.3 Å². The zero-order valence-electron chi connectivity index (χ0n) is 23.2. The van der Waals surface area contributed by atoms with Gasteiger partial charge in [0.05, 0.1) is 6.26 Å². The summed E-state index contributed by atoms with van der Waals surface area (Å²) in [6.45, 7) is 3.61. The number of hydrogen-bond donors (Lipinski definition) is 3. The smallest absolute Gasteiger partial charge is 0.365 e. The maximum atomic E-state index is 13.8. The van der Waals surface area contributed by atoms with Crippen molar-refractivity contribution in [2.75, 3.05) is 28.2 Å². The van der Waals surface area contributed by atoms with Crippen LogP contribution in [0.1, 0.15) is 16.7 Å². The van der Waals surface area contributed by atoms with Crippen molar-refractivity contribution in [3.63, 3.8) is 0 Å². The van der Waals surface area contributed by atoms with Crippen molar-refractivity contribution in [3.8, 4) is 11.1 Å². The Morgan fingerprint density at radius 3 is 2.26 bits per heavy atom. The van der Waals surface area contributed by atoms with Gasteiger partial charge >= 0.3 is 6.18 Å². The second kappa shape index (κ2) is 12.9. The van der Waals surface area contributed by atoms with Crippen molar-refractivity contribution < 1.29 is 26.4 Å². The fourth-order valence-electron chi connectivity index (χ4n) is 3.92. The minimum atomic E-state index is -4.74. The van der Waals surface area contributed by atoms with E-state index in [0.29, 0.717) is 24.0 Å². The second-order valence-corrected chi connectivity index (χ2v) is 11.4. The number of sulfonamides is 1. The summed E-state index contributed by atoms with van der Waals surface area (Å²) in [4.78, 5) is 23.3. The molecule has 4 aromatic rings. The maximum absolute atomic E-state index is 13.8. The van der Waals surface area contributed by atoms with E-state index in [2.05, 4.69) is 37.5 Å². The molecule has 224 valence electrons. The average molecular weight is 612 g/mol. The molecule has 0 saturated carbocycles. The number of pyridine rings is 1. The third-order valence-corrected chi connectivity index (χ3v) is 7.45. The van der Waals surface area contributed by atoms with Gasteiger partial charge in [-0.3, -0.25) is 9.10 Å². The molecule has 0 aliphatic rings. The Bertz CT molecular complexity index is 1710. The number of carbonyl (C=O) groups is 1. The van der Waals surface area contributed by atoms with E-state index in [0.717, 1.165) is 27.3 Å². The number of halogens is 3. The molecule has 14 heteroatoms. The highest BCUT2D eigenvalue weighted by molar-refractivity contribution is 7.92. The van der Waals surface area contributed by atoms with E-state index >= 15 is 0 Å². The van der Waals surface area contributed by atoms with E-state index in [4.69, 9.17) is 0 Å². The van der Waals surface area contributed by atoms with Gasteiger partial charge in [-0.1, -0.05) is 49.0 Å². The van der Waals surface area contributed by atoms with Crippen molar-refractivity contribution in [1.82, 2.24) is 20.3 Å². The number of amides is 1. The molecule has 0 spiro atoms. The first-order chi connectivity index (χ1) is 20.3. The second-order valence-electron chi connectivity index (χ2n) is 9.35. The number of rotatable bonds is 11. The lowest BCUT2D eigenvalue weighted by Crippen LogP contribution is -2.27. The zero-order chi connectivity index (χ0) is 31.2. The number of nitrogens with zero attached hydrogens (tertiary/aromatic N) is 4. The summed E-state index contributed by atoms with van der Waals surface area (Å²) in [7, 11) is -2.35. The lowest BCUT2D eigenvalue weighted by Gasteiger charge is -2.20. The summed E-state index contributed by atoms with van der Waals surface area (Å²) in [5, 5.41) is 8.29. The van der Waals surface area contributed by atoms with Gasteiger partial charge in [0.15, 0.2) is 0 Å². The molecule has 3 N–H and O–H groups in total. The van der Waals surface area contributed by atoms with E-state index in [1.54, 1.807) is 24.3 Å². The van der Waals surface area contributed by atoms with Gasteiger partial charge in [0.25, 0.3) is 0 Å². The fourth-order valence-corrected chi connectivity index (χ4v) is 4.40. The topological polar surface area (TPSA) is 129 Å². The average Bonchev–Trinajstić information content (AvgIpc) is 2.98. The number of hydrogen-bond acceptors (Lipinski definition) is 8. The van der Waals surface area contributed by atoms with Gasteiger partial charge in [-0.15, -0.1) is 0 Å². The minimum Gasteiger partial charge on any atom is -0.365 e. The zero-order valence-corrected chi connectivity index (χ0v) is 24.0. The van der Waals surface area contributed by atoms with Gasteiger partial charge in [0.2, 0.25) is 21.9 Å². The van der Waals surface area contributed by atoms with E-state index in [9.17, 15) is 26.4 Å². The molecule has 2 aromatic heterocycles. The van der Waals surface area contributed by atoms with Crippen LogP contribution in [-0.4, -0.2) is 42.6 Å². The molecule has 0 aliphatic heterocycles. The molecule has 0 aliphatic carbocycles. The molecule has 0 bridgehead atoms. The highest BCUT2D eigenvalue weighted by atomic mass is 32.2. The fraction of sp³-hybridized carbons (Fsp3) is 0.172. The standard InChI is InChI=1S/C29H28F3N7O3S/c1-4-25(40)34-16-19-7-9-20(10-8-19)21-11-13-23(14-12-21)37-28-36-18-24(29(30,31)32)26(38-28)35-17-22-6-5-15-33-27(22)39(2)43(3,41)42/h4-15,18H,1,16-17H2,2-3H3,(H,34,40)(H2,35,36,37,38). The first-order valence-electron chi connectivity index (χ1n) is 12.8. The van der Waals surface area contributed by atoms with E-state index in [-0.39, 0.29) is 24.2 Å². The van der Waals surface area contributed by atoms with Crippen molar-refractivity contribution in [2.24, 2.45) is 0 Å². The van der Waals surface area contributed by atoms with Gasteiger partial charge in [-0.2, -0.15) is 18.2 Å². The summed E-state index contributed by atoms with van der Waals surface area (Å²) in [5.74, 6) is -0.739.